The molecule has 0 radical (unpaired) electrons. The number of imidazole rings is 1. The number of carbonyl (C=O) groups excluding carboxylic acids is 1. The number of H-pyrrole nitrogens is 1. The SMILES string of the molecule is O=C(c1ccc(S(F)(F)(F)(F)F)cc1)N1CCC(c2ccnc3[nH]c([C@H]4CC[C@@H](O)CC4)nc23)CC1. The van der Waals surface area contributed by atoms with E-state index in [2.05, 4.69) is 9.97 Å². The van der Waals surface area contributed by atoms with Crippen LogP contribution in [0.15, 0.2) is 41.4 Å². The fourth-order valence-electron chi connectivity index (χ4n) is 5.25. The van der Waals surface area contributed by atoms with E-state index in [1.807, 2.05) is 6.07 Å². The van der Waals surface area contributed by atoms with E-state index in [4.69, 9.17) is 4.98 Å². The van der Waals surface area contributed by atoms with Gasteiger partial charge in [-0.05, 0) is 80.3 Å². The summed E-state index contributed by atoms with van der Waals surface area (Å²) in [7, 11) is -9.77. The second kappa shape index (κ2) is 8.14. The third-order valence-electron chi connectivity index (χ3n) is 7.29. The largest absolute Gasteiger partial charge is 0.393 e. The van der Waals surface area contributed by atoms with Crippen LogP contribution in [0, 0.1) is 0 Å². The molecule has 5 rings (SSSR count). The lowest BCUT2D eigenvalue weighted by Gasteiger charge is -2.40. The molecular weight excluding hydrogens is 503 g/mol. The van der Waals surface area contributed by atoms with Gasteiger partial charge in [0.2, 0.25) is 0 Å². The lowest BCUT2D eigenvalue weighted by molar-refractivity contribution is 0.0713. The van der Waals surface area contributed by atoms with Gasteiger partial charge in [0.05, 0.1) is 6.10 Å². The average molecular weight is 531 g/mol. The molecule has 0 unspecified atom stereocenters. The molecule has 1 saturated heterocycles. The third kappa shape index (κ3) is 5.06. The van der Waals surface area contributed by atoms with Gasteiger partial charge in [0, 0.05) is 30.8 Å². The summed E-state index contributed by atoms with van der Waals surface area (Å²) in [6.45, 7) is 0.767. The van der Waals surface area contributed by atoms with Gasteiger partial charge in [-0.25, -0.2) is 9.97 Å². The van der Waals surface area contributed by atoms with E-state index in [1.54, 1.807) is 6.20 Å². The molecule has 196 valence electrons. The number of halogens is 5. The molecule has 0 spiro atoms. The fraction of sp³-hybridized carbons (Fsp3) is 0.458. The number of aliphatic hydroxyl groups excluding tert-OH is 1. The second-order valence-electron chi connectivity index (χ2n) is 9.78. The standard InChI is InChI=1S/C24H27F5N4O2S/c25-36(26,27,28,29)19-7-3-17(4-8-19)24(35)33-13-10-15(11-14-33)20-9-12-30-23-21(20)31-22(32-23)16-1-5-18(34)6-2-16/h3-4,7-9,12,15-16,18,34H,1-2,5-6,10-11,13-14H2,(H,30,31,32)/t16-,18+. The number of piperidine rings is 1. The predicted octanol–water partition coefficient (Wildman–Crippen LogP) is 6.65. The molecule has 36 heavy (non-hydrogen) atoms. The summed E-state index contributed by atoms with van der Waals surface area (Å²) in [5.41, 5.74) is 2.48. The van der Waals surface area contributed by atoms with Crippen LogP contribution in [0.25, 0.3) is 11.2 Å². The summed E-state index contributed by atoms with van der Waals surface area (Å²) in [6.07, 6.45) is 5.95. The predicted molar refractivity (Wildman–Crippen MR) is 127 cm³/mol. The minimum atomic E-state index is -9.77. The second-order valence-corrected chi connectivity index (χ2v) is 12.2. The molecule has 0 atom stereocenters. The van der Waals surface area contributed by atoms with Crippen molar-refractivity contribution in [2.75, 3.05) is 13.1 Å². The van der Waals surface area contributed by atoms with Gasteiger partial charge in [-0.15, -0.1) is 0 Å². The third-order valence-corrected chi connectivity index (χ3v) is 8.45. The summed E-state index contributed by atoms with van der Waals surface area (Å²) in [4.78, 5) is 24.9. The van der Waals surface area contributed by atoms with Gasteiger partial charge in [0.1, 0.15) is 16.2 Å². The van der Waals surface area contributed by atoms with Crippen molar-refractivity contribution in [3.63, 3.8) is 0 Å². The van der Waals surface area contributed by atoms with Gasteiger partial charge in [-0.2, -0.15) is 0 Å². The molecule has 2 aromatic heterocycles. The first-order chi connectivity index (χ1) is 16.8. The number of carbonyl (C=O) groups is 1. The molecule has 1 amide bonds. The molecule has 1 aromatic carbocycles. The maximum Gasteiger partial charge on any atom is 0.310 e. The molecule has 3 heterocycles. The zero-order chi connectivity index (χ0) is 25.8. The topological polar surface area (TPSA) is 82.1 Å². The molecule has 6 nitrogen and oxygen atoms in total. The Bertz CT molecular complexity index is 1280. The molecule has 1 aliphatic carbocycles. The number of hydrogen-bond donors (Lipinski definition) is 2. The highest BCUT2D eigenvalue weighted by molar-refractivity contribution is 8.45. The monoisotopic (exact) mass is 530 g/mol. The normalized spacial score (nSPS) is 23.9. The number of nitrogens with one attached hydrogen (secondary N) is 1. The fourth-order valence-corrected chi connectivity index (χ4v) is 5.90. The van der Waals surface area contributed by atoms with Crippen LogP contribution >= 0.6 is 10.2 Å². The number of benzene rings is 1. The van der Waals surface area contributed by atoms with Crippen molar-refractivity contribution in [1.29, 1.82) is 0 Å². The van der Waals surface area contributed by atoms with Crippen LogP contribution in [-0.2, 0) is 0 Å². The van der Waals surface area contributed by atoms with Gasteiger partial charge >= 0.3 is 10.2 Å². The van der Waals surface area contributed by atoms with Crippen molar-refractivity contribution in [2.24, 2.45) is 0 Å². The number of nitrogens with zero attached hydrogens (tertiary/aromatic N) is 3. The summed E-state index contributed by atoms with van der Waals surface area (Å²) in [5.74, 6) is 0.767. The highest BCUT2D eigenvalue weighted by atomic mass is 32.5. The Labute approximate surface area is 204 Å². The van der Waals surface area contributed by atoms with Crippen molar-refractivity contribution >= 4 is 27.3 Å². The van der Waals surface area contributed by atoms with E-state index in [1.165, 1.54) is 4.90 Å². The lowest BCUT2D eigenvalue weighted by atomic mass is 9.87. The summed E-state index contributed by atoms with van der Waals surface area (Å²) in [6, 6.07) is 4.10. The van der Waals surface area contributed by atoms with Gasteiger partial charge < -0.3 is 15.0 Å². The first-order valence-electron chi connectivity index (χ1n) is 11.9. The molecule has 2 fully saturated rings. The Kier molecular flexibility index (Phi) is 5.64. The highest BCUT2D eigenvalue weighted by Gasteiger charge is 2.65. The average Bonchev–Trinajstić information content (AvgIpc) is 3.27. The Morgan fingerprint density at radius 2 is 1.56 bits per heavy atom. The number of fused-ring (bicyclic) bond motifs is 1. The molecule has 2 N–H and O–H groups in total. The van der Waals surface area contributed by atoms with Crippen molar-refractivity contribution < 1.29 is 29.3 Å². The lowest BCUT2D eigenvalue weighted by Crippen LogP contribution is -2.38. The van der Waals surface area contributed by atoms with Crippen LogP contribution in [0.3, 0.4) is 0 Å². The molecule has 12 heteroatoms. The van der Waals surface area contributed by atoms with Gasteiger partial charge in [0.25, 0.3) is 5.91 Å². The molecule has 2 aliphatic rings. The quantitative estimate of drug-likeness (QED) is 0.370. The number of likely N-dealkylation sites (tertiary alicyclic amines) is 1. The number of aromatic nitrogens is 3. The molecular formula is C24H27F5N4O2S. The van der Waals surface area contributed by atoms with Crippen LogP contribution in [0.4, 0.5) is 19.4 Å². The van der Waals surface area contributed by atoms with E-state index in [0.29, 0.717) is 31.6 Å². The van der Waals surface area contributed by atoms with Crippen molar-refractivity contribution in [1.82, 2.24) is 19.9 Å². The zero-order valence-corrected chi connectivity index (χ0v) is 20.2. The van der Waals surface area contributed by atoms with E-state index >= 15 is 0 Å². The summed E-state index contributed by atoms with van der Waals surface area (Å²) < 4.78 is 64.8. The minimum absolute atomic E-state index is 0.0557. The van der Waals surface area contributed by atoms with E-state index in [0.717, 1.165) is 54.7 Å². The Morgan fingerprint density at radius 1 is 0.917 bits per heavy atom. The Morgan fingerprint density at radius 3 is 2.17 bits per heavy atom. The van der Waals surface area contributed by atoms with Gasteiger partial charge in [-0.3, -0.25) is 4.79 Å². The van der Waals surface area contributed by atoms with Crippen molar-refractivity contribution in [3.05, 3.63) is 53.5 Å². The van der Waals surface area contributed by atoms with Gasteiger partial charge in [-0.1, -0.05) is 19.4 Å². The number of pyridine rings is 1. The Balaban J connectivity index is 1.27. The first-order valence-corrected chi connectivity index (χ1v) is 13.9. The number of aliphatic hydroxyl groups is 1. The van der Waals surface area contributed by atoms with Crippen molar-refractivity contribution in [3.8, 4) is 0 Å². The first kappa shape index (κ1) is 24.9. The highest BCUT2D eigenvalue weighted by Crippen LogP contribution is 3.02. The van der Waals surface area contributed by atoms with Crippen LogP contribution in [0.5, 0.6) is 0 Å². The zero-order valence-electron chi connectivity index (χ0n) is 19.3. The number of aromatic amines is 1. The van der Waals surface area contributed by atoms with E-state index in [-0.39, 0.29) is 35.6 Å². The molecule has 1 aliphatic heterocycles. The molecule has 3 aromatic rings. The van der Waals surface area contributed by atoms with Crippen molar-refractivity contribution in [2.45, 2.75) is 61.4 Å². The minimum Gasteiger partial charge on any atom is -0.393 e. The van der Waals surface area contributed by atoms with E-state index < -0.39 is 21.0 Å². The van der Waals surface area contributed by atoms with Gasteiger partial charge in [0.15, 0.2) is 5.65 Å². The van der Waals surface area contributed by atoms with E-state index in [9.17, 15) is 29.3 Å². The summed E-state index contributed by atoms with van der Waals surface area (Å²) in [5, 5.41) is 9.78. The number of amides is 1. The number of rotatable bonds is 4. The number of hydrogen-bond acceptors (Lipinski definition) is 4. The van der Waals surface area contributed by atoms with Crippen LogP contribution in [0.1, 0.15) is 72.1 Å². The maximum absolute atomic E-state index is 13.0. The van der Waals surface area contributed by atoms with Crippen LogP contribution in [0.2, 0.25) is 0 Å². The van der Waals surface area contributed by atoms with Crippen LogP contribution in [-0.4, -0.2) is 50.1 Å². The summed E-state index contributed by atoms with van der Waals surface area (Å²) >= 11 is 0. The Hall–Kier alpha value is -2.73. The molecule has 1 saturated carbocycles. The molecule has 0 bridgehead atoms. The van der Waals surface area contributed by atoms with Crippen LogP contribution < -0.4 is 0 Å². The maximum atomic E-state index is 13.0. The smallest absolute Gasteiger partial charge is 0.310 e.